The van der Waals surface area contributed by atoms with Crippen LogP contribution in [-0.4, -0.2) is 29.0 Å². The van der Waals surface area contributed by atoms with Crippen molar-refractivity contribution in [3.8, 4) is 0 Å². The largest absolute Gasteiger partial charge is 0.452 e. The monoisotopic (exact) mass is 365 g/mol. The van der Waals surface area contributed by atoms with Crippen LogP contribution in [0, 0.1) is 6.92 Å². The number of rotatable bonds is 7. The van der Waals surface area contributed by atoms with E-state index in [-0.39, 0.29) is 18.2 Å². The summed E-state index contributed by atoms with van der Waals surface area (Å²) < 4.78 is 10.0. The number of nitrogens with zero attached hydrogens (tertiary/aromatic N) is 1. The highest BCUT2D eigenvalue weighted by atomic mass is 32.1. The second-order valence-corrected chi connectivity index (χ2v) is 6.41. The van der Waals surface area contributed by atoms with Gasteiger partial charge < -0.3 is 14.6 Å². The molecular weight excluding hydrogens is 346 g/mol. The Morgan fingerprint density at radius 3 is 2.72 bits per heavy atom. The Labute approximate surface area is 148 Å². The van der Waals surface area contributed by atoms with Crippen LogP contribution in [0.2, 0.25) is 0 Å². The summed E-state index contributed by atoms with van der Waals surface area (Å²) in [6.07, 6.45) is -1.08. The Morgan fingerprint density at radius 1 is 1.40 bits per heavy atom. The highest BCUT2D eigenvalue weighted by Crippen LogP contribution is 2.22. The fourth-order valence-corrected chi connectivity index (χ4v) is 2.85. The molecule has 8 nitrogen and oxygen atoms in total. The van der Waals surface area contributed by atoms with Crippen LogP contribution >= 0.6 is 11.3 Å². The van der Waals surface area contributed by atoms with Crippen molar-refractivity contribution in [1.29, 1.82) is 0 Å². The average molecular weight is 365 g/mol. The summed E-state index contributed by atoms with van der Waals surface area (Å²) in [5.74, 6) is -1.20. The van der Waals surface area contributed by atoms with Crippen LogP contribution < -0.4 is 10.6 Å². The first-order valence-corrected chi connectivity index (χ1v) is 8.47. The Bertz CT molecular complexity index is 741. The molecule has 2 heterocycles. The van der Waals surface area contributed by atoms with Crippen LogP contribution in [0.25, 0.3) is 0 Å². The number of esters is 1. The molecule has 0 radical (unpaired) electrons. The Morgan fingerprint density at radius 2 is 2.16 bits per heavy atom. The van der Waals surface area contributed by atoms with Gasteiger partial charge in [0.05, 0.1) is 18.2 Å². The Balaban J connectivity index is 1.90. The van der Waals surface area contributed by atoms with Crippen LogP contribution in [0.5, 0.6) is 0 Å². The van der Waals surface area contributed by atoms with E-state index in [0.717, 1.165) is 4.88 Å². The molecule has 2 rings (SSSR count). The summed E-state index contributed by atoms with van der Waals surface area (Å²) in [7, 11) is 0. The molecule has 0 fully saturated rings. The molecule has 2 aromatic heterocycles. The van der Waals surface area contributed by atoms with E-state index in [9.17, 15) is 14.4 Å². The third-order valence-corrected chi connectivity index (χ3v) is 4.17. The zero-order chi connectivity index (χ0) is 18.4. The maximum atomic E-state index is 12.1. The molecule has 0 aliphatic carbocycles. The van der Waals surface area contributed by atoms with E-state index in [1.807, 2.05) is 17.5 Å². The minimum Gasteiger partial charge on any atom is -0.452 e. The van der Waals surface area contributed by atoms with Crippen molar-refractivity contribution in [1.82, 2.24) is 10.5 Å². The van der Waals surface area contributed by atoms with Gasteiger partial charge in [-0.25, -0.2) is 0 Å². The average Bonchev–Trinajstić information content (AvgIpc) is 3.17. The van der Waals surface area contributed by atoms with Gasteiger partial charge in [0.15, 0.2) is 6.10 Å². The number of aromatic nitrogens is 1. The standard InChI is InChI=1S/C16H19N3O5S/c1-9-7-14(24-19-9)18-16(22)10(2)23-15(21)8-12(17-11(3)20)13-5-4-6-25-13/h4-7,10,12H,8H2,1-3H3,(H,17,20)(H,18,22). The Hall–Kier alpha value is -2.68. The lowest BCUT2D eigenvalue weighted by Crippen LogP contribution is -2.32. The summed E-state index contributed by atoms with van der Waals surface area (Å²) in [6, 6.07) is 4.71. The van der Waals surface area contributed by atoms with Gasteiger partial charge in [0.1, 0.15) is 0 Å². The lowest BCUT2D eigenvalue weighted by atomic mass is 10.1. The molecule has 0 aromatic carbocycles. The van der Waals surface area contributed by atoms with Crippen molar-refractivity contribution in [3.05, 3.63) is 34.2 Å². The molecule has 2 amide bonds. The van der Waals surface area contributed by atoms with Crippen LogP contribution in [0.15, 0.2) is 28.1 Å². The summed E-state index contributed by atoms with van der Waals surface area (Å²) >= 11 is 1.42. The molecule has 0 spiro atoms. The van der Waals surface area contributed by atoms with Gasteiger partial charge in [0.25, 0.3) is 5.91 Å². The molecule has 0 aliphatic rings. The van der Waals surface area contributed by atoms with Gasteiger partial charge in [-0.15, -0.1) is 11.3 Å². The molecular formula is C16H19N3O5S. The predicted octanol–water partition coefficient (Wildman–Crippen LogP) is 2.18. The van der Waals surface area contributed by atoms with Crippen LogP contribution in [0.4, 0.5) is 5.88 Å². The van der Waals surface area contributed by atoms with Crippen molar-refractivity contribution < 1.29 is 23.6 Å². The fourth-order valence-electron chi connectivity index (χ4n) is 2.07. The first-order valence-electron chi connectivity index (χ1n) is 7.59. The molecule has 9 heteroatoms. The topological polar surface area (TPSA) is 111 Å². The third kappa shape index (κ3) is 5.71. The van der Waals surface area contributed by atoms with E-state index in [2.05, 4.69) is 15.8 Å². The summed E-state index contributed by atoms with van der Waals surface area (Å²) in [5.41, 5.74) is 0.619. The van der Waals surface area contributed by atoms with Gasteiger partial charge in [-0.3, -0.25) is 19.7 Å². The molecule has 25 heavy (non-hydrogen) atoms. The minimum absolute atomic E-state index is 0.0703. The number of hydrogen-bond donors (Lipinski definition) is 2. The van der Waals surface area contributed by atoms with Gasteiger partial charge in [0, 0.05) is 17.9 Å². The number of anilines is 1. The van der Waals surface area contributed by atoms with Gasteiger partial charge in [0.2, 0.25) is 11.8 Å². The van der Waals surface area contributed by atoms with Crippen molar-refractivity contribution in [2.45, 2.75) is 39.3 Å². The van der Waals surface area contributed by atoms with Gasteiger partial charge in [-0.1, -0.05) is 11.2 Å². The number of thiophene rings is 1. The SMILES string of the molecule is CC(=O)NC(CC(=O)OC(C)C(=O)Nc1cc(C)no1)c1cccs1. The normalized spacial score (nSPS) is 12.9. The van der Waals surface area contributed by atoms with Gasteiger partial charge in [-0.05, 0) is 25.3 Å². The number of carbonyl (C=O) groups is 3. The molecule has 0 saturated carbocycles. The molecule has 0 aliphatic heterocycles. The van der Waals surface area contributed by atoms with E-state index in [1.54, 1.807) is 13.0 Å². The molecule has 2 atom stereocenters. The van der Waals surface area contributed by atoms with E-state index < -0.39 is 24.0 Å². The number of nitrogens with one attached hydrogen (secondary N) is 2. The quantitative estimate of drug-likeness (QED) is 0.728. The maximum absolute atomic E-state index is 12.1. The van der Waals surface area contributed by atoms with Gasteiger partial charge >= 0.3 is 5.97 Å². The molecule has 0 bridgehead atoms. The van der Waals surface area contributed by atoms with Crippen molar-refractivity contribution >= 4 is 35.0 Å². The van der Waals surface area contributed by atoms with E-state index >= 15 is 0 Å². The van der Waals surface area contributed by atoms with Crippen molar-refractivity contribution in [2.75, 3.05) is 5.32 Å². The zero-order valence-corrected chi connectivity index (χ0v) is 14.9. The number of hydrogen-bond acceptors (Lipinski definition) is 7. The zero-order valence-electron chi connectivity index (χ0n) is 14.1. The van der Waals surface area contributed by atoms with E-state index in [1.165, 1.54) is 25.2 Å². The van der Waals surface area contributed by atoms with E-state index in [4.69, 9.17) is 9.26 Å². The van der Waals surface area contributed by atoms with Crippen molar-refractivity contribution in [3.63, 3.8) is 0 Å². The third-order valence-electron chi connectivity index (χ3n) is 3.19. The molecule has 2 unspecified atom stereocenters. The number of ether oxygens (including phenoxy) is 1. The summed E-state index contributed by atoms with van der Waals surface area (Å²) in [6.45, 7) is 4.55. The lowest BCUT2D eigenvalue weighted by molar-refractivity contribution is -0.153. The van der Waals surface area contributed by atoms with Crippen LogP contribution in [0.3, 0.4) is 0 Å². The molecule has 134 valence electrons. The smallest absolute Gasteiger partial charge is 0.309 e. The predicted molar refractivity (Wildman–Crippen MR) is 90.9 cm³/mol. The summed E-state index contributed by atoms with van der Waals surface area (Å²) in [5, 5.41) is 10.7. The fraction of sp³-hybridized carbons (Fsp3) is 0.375. The highest BCUT2D eigenvalue weighted by Gasteiger charge is 2.23. The number of amides is 2. The number of aryl methyl sites for hydroxylation is 1. The highest BCUT2D eigenvalue weighted by molar-refractivity contribution is 7.10. The second kappa shape index (κ2) is 8.43. The van der Waals surface area contributed by atoms with Gasteiger partial charge in [-0.2, -0.15) is 0 Å². The number of carbonyl (C=O) groups excluding carboxylic acids is 3. The lowest BCUT2D eigenvalue weighted by Gasteiger charge is -2.17. The van der Waals surface area contributed by atoms with Crippen LogP contribution in [-0.2, 0) is 19.1 Å². The molecule has 0 saturated heterocycles. The Kier molecular flexibility index (Phi) is 6.29. The first kappa shape index (κ1) is 18.7. The second-order valence-electron chi connectivity index (χ2n) is 5.43. The molecule has 2 aromatic rings. The maximum Gasteiger partial charge on any atom is 0.309 e. The minimum atomic E-state index is -1.01. The van der Waals surface area contributed by atoms with E-state index in [0.29, 0.717) is 5.69 Å². The molecule has 2 N–H and O–H groups in total. The first-order chi connectivity index (χ1) is 11.8. The summed E-state index contributed by atoms with van der Waals surface area (Å²) in [4.78, 5) is 36.3. The van der Waals surface area contributed by atoms with Crippen LogP contribution in [0.1, 0.15) is 36.9 Å². The van der Waals surface area contributed by atoms with Crippen molar-refractivity contribution in [2.24, 2.45) is 0 Å².